The van der Waals surface area contributed by atoms with Crippen LogP contribution in [0.15, 0.2) is 11.1 Å². The van der Waals surface area contributed by atoms with Gasteiger partial charge in [0.05, 0.1) is 11.9 Å². The van der Waals surface area contributed by atoms with Crippen molar-refractivity contribution >= 4 is 10.0 Å². The summed E-state index contributed by atoms with van der Waals surface area (Å²) in [5.74, 6) is 0. The van der Waals surface area contributed by atoms with Gasteiger partial charge in [0.1, 0.15) is 4.90 Å². The van der Waals surface area contributed by atoms with E-state index in [-0.39, 0.29) is 0 Å². The summed E-state index contributed by atoms with van der Waals surface area (Å²) in [5, 5.41) is 4.07. The van der Waals surface area contributed by atoms with E-state index in [0.29, 0.717) is 23.7 Å². The Balaban J connectivity index is 2.49. The van der Waals surface area contributed by atoms with Crippen molar-refractivity contribution in [2.24, 2.45) is 0 Å². The molecular formula is C13H25N3O2S. The Hall–Kier alpha value is -0.880. The van der Waals surface area contributed by atoms with Crippen molar-refractivity contribution in [1.29, 1.82) is 0 Å². The van der Waals surface area contributed by atoms with Gasteiger partial charge < -0.3 is 0 Å². The molecule has 0 amide bonds. The van der Waals surface area contributed by atoms with E-state index in [1.165, 1.54) is 25.5 Å². The van der Waals surface area contributed by atoms with E-state index in [2.05, 4.69) is 16.7 Å². The Morgan fingerprint density at radius 2 is 1.89 bits per heavy atom. The first-order chi connectivity index (χ1) is 9.03. The molecule has 1 heterocycles. The van der Waals surface area contributed by atoms with Crippen molar-refractivity contribution in [1.82, 2.24) is 14.5 Å². The van der Waals surface area contributed by atoms with Gasteiger partial charge in [-0.05, 0) is 20.3 Å². The smallest absolute Gasteiger partial charge is 0.243 e. The van der Waals surface area contributed by atoms with Gasteiger partial charge in [0, 0.05) is 13.1 Å². The quantitative estimate of drug-likeness (QED) is 0.710. The Bertz CT molecular complexity index is 480. The average Bonchev–Trinajstić information content (AvgIpc) is 2.75. The lowest BCUT2D eigenvalue weighted by Crippen LogP contribution is -2.25. The van der Waals surface area contributed by atoms with Gasteiger partial charge in [0.15, 0.2) is 0 Å². The molecule has 0 spiro atoms. The van der Waals surface area contributed by atoms with Crippen LogP contribution in [-0.2, 0) is 16.6 Å². The second kappa shape index (κ2) is 7.65. The molecule has 0 fully saturated rings. The largest absolute Gasteiger partial charge is 0.269 e. The Kier molecular flexibility index (Phi) is 6.51. The number of rotatable bonds is 9. The minimum Gasteiger partial charge on any atom is -0.269 e. The molecule has 1 aromatic heterocycles. The van der Waals surface area contributed by atoms with E-state index in [1.54, 1.807) is 11.6 Å². The fourth-order valence-corrected chi connectivity index (χ4v) is 3.27. The normalized spacial score (nSPS) is 11.9. The van der Waals surface area contributed by atoms with E-state index < -0.39 is 10.0 Å². The van der Waals surface area contributed by atoms with Gasteiger partial charge in [-0.15, -0.1) is 0 Å². The number of hydrogen-bond acceptors (Lipinski definition) is 3. The summed E-state index contributed by atoms with van der Waals surface area (Å²) in [6.07, 6.45) is 6.98. The monoisotopic (exact) mass is 287 g/mol. The Morgan fingerprint density at radius 3 is 2.47 bits per heavy atom. The van der Waals surface area contributed by atoms with Crippen molar-refractivity contribution in [2.75, 3.05) is 6.54 Å². The number of aromatic nitrogens is 2. The van der Waals surface area contributed by atoms with Crippen molar-refractivity contribution in [3.05, 3.63) is 11.9 Å². The van der Waals surface area contributed by atoms with E-state index in [0.717, 1.165) is 12.8 Å². The zero-order valence-electron chi connectivity index (χ0n) is 12.1. The molecule has 5 nitrogen and oxygen atoms in total. The maximum absolute atomic E-state index is 12.1. The molecule has 0 aliphatic rings. The highest BCUT2D eigenvalue weighted by atomic mass is 32.2. The SMILES string of the molecule is CCCCCCCNS(=O)(=O)c1cnn(CC)c1C. The Morgan fingerprint density at radius 1 is 1.21 bits per heavy atom. The van der Waals surface area contributed by atoms with Crippen molar-refractivity contribution in [3.63, 3.8) is 0 Å². The predicted octanol–water partition coefficient (Wildman–Crippen LogP) is 2.46. The maximum Gasteiger partial charge on any atom is 0.243 e. The first kappa shape index (κ1) is 16.2. The van der Waals surface area contributed by atoms with Gasteiger partial charge in [0.2, 0.25) is 10.0 Å². The summed E-state index contributed by atoms with van der Waals surface area (Å²) in [6, 6.07) is 0. The van der Waals surface area contributed by atoms with Crippen LogP contribution in [0.25, 0.3) is 0 Å². The van der Waals surface area contributed by atoms with Crippen molar-refractivity contribution in [3.8, 4) is 0 Å². The minimum atomic E-state index is -3.41. The van der Waals surface area contributed by atoms with Crippen molar-refractivity contribution in [2.45, 2.75) is 64.3 Å². The molecule has 0 aliphatic carbocycles. The van der Waals surface area contributed by atoms with E-state index in [9.17, 15) is 8.42 Å². The van der Waals surface area contributed by atoms with Crippen LogP contribution in [0.5, 0.6) is 0 Å². The van der Waals surface area contributed by atoms with Crippen LogP contribution in [0, 0.1) is 6.92 Å². The topological polar surface area (TPSA) is 64.0 Å². The van der Waals surface area contributed by atoms with E-state index in [1.807, 2.05) is 6.92 Å². The van der Waals surface area contributed by atoms with E-state index in [4.69, 9.17) is 0 Å². The molecule has 6 heteroatoms. The molecule has 0 atom stereocenters. The third kappa shape index (κ3) is 4.62. The first-order valence-corrected chi connectivity index (χ1v) is 8.53. The fourth-order valence-electron chi connectivity index (χ4n) is 2.02. The summed E-state index contributed by atoms with van der Waals surface area (Å²) in [4.78, 5) is 0.294. The van der Waals surface area contributed by atoms with Crippen LogP contribution in [0.4, 0.5) is 0 Å². The third-order valence-electron chi connectivity index (χ3n) is 3.22. The number of unbranched alkanes of at least 4 members (excludes halogenated alkanes) is 4. The molecule has 19 heavy (non-hydrogen) atoms. The lowest BCUT2D eigenvalue weighted by molar-refractivity contribution is 0.569. The molecule has 0 aromatic carbocycles. The maximum atomic E-state index is 12.1. The molecule has 0 saturated heterocycles. The second-order valence-corrected chi connectivity index (χ2v) is 6.46. The molecule has 1 rings (SSSR count). The highest BCUT2D eigenvalue weighted by molar-refractivity contribution is 7.89. The minimum absolute atomic E-state index is 0.294. The van der Waals surface area contributed by atoms with Crippen LogP contribution < -0.4 is 4.72 Å². The lowest BCUT2D eigenvalue weighted by atomic mass is 10.2. The molecule has 0 saturated carbocycles. The number of sulfonamides is 1. The Labute approximate surface area is 116 Å². The zero-order valence-corrected chi connectivity index (χ0v) is 13.0. The summed E-state index contributed by atoms with van der Waals surface area (Å²) < 4.78 is 28.6. The van der Waals surface area contributed by atoms with Gasteiger partial charge >= 0.3 is 0 Å². The van der Waals surface area contributed by atoms with Crippen molar-refractivity contribution < 1.29 is 8.42 Å². The van der Waals surface area contributed by atoms with E-state index >= 15 is 0 Å². The molecule has 0 bridgehead atoms. The number of aryl methyl sites for hydroxylation is 1. The summed E-state index contributed by atoms with van der Waals surface area (Å²) in [5.41, 5.74) is 0.695. The standard InChI is InChI=1S/C13H25N3O2S/c1-4-6-7-8-9-10-15-19(17,18)13-11-14-16(5-2)12(13)3/h11,15H,4-10H2,1-3H3. The number of nitrogens with one attached hydrogen (secondary N) is 1. The van der Waals surface area contributed by atoms with Crippen LogP contribution in [0.3, 0.4) is 0 Å². The molecule has 0 unspecified atom stereocenters. The number of nitrogens with zero attached hydrogens (tertiary/aromatic N) is 2. The van der Waals surface area contributed by atoms with Gasteiger partial charge in [-0.2, -0.15) is 5.10 Å². The van der Waals surface area contributed by atoms with Crippen LogP contribution in [-0.4, -0.2) is 24.7 Å². The lowest BCUT2D eigenvalue weighted by Gasteiger charge is -2.06. The molecular weight excluding hydrogens is 262 g/mol. The molecule has 1 N–H and O–H groups in total. The third-order valence-corrected chi connectivity index (χ3v) is 4.78. The average molecular weight is 287 g/mol. The van der Waals surface area contributed by atoms with Crippen LogP contribution >= 0.6 is 0 Å². The van der Waals surface area contributed by atoms with Gasteiger partial charge in [-0.1, -0.05) is 32.6 Å². The van der Waals surface area contributed by atoms with Gasteiger partial charge in [0.25, 0.3) is 0 Å². The molecule has 110 valence electrons. The highest BCUT2D eigenvalue weighted by Gasteiger charge is 2.19. The highest BCUT2D eigenvalue weighted by Crippen LogP contribution is 2.14. The van der Waals surface area contributed by atoms with Crippen LogP contribution in [0.1, 0.15) is 51.6 Å². The summed E-state index contributed by atoms with van der Waals surface area (Å²) >= 11 is 0. The number of hydrogen-bond donors (Lipinski definition) is 1. The molecule has 1 aromatic rings. The fraction of sp³-hybridized carbons (Fsp3) is 0.769. The summed E-state index contributed by atoms with van der Waals surface area (Å²) in [6.45, 7) is 7.07. The summed E-state index contributed by atoms with van der Waals surface area (Å²) in [7, 11) is -3.41. The molecule has 0 radical (unpaired) electrons. The second-order valence-electron chi connectivity index (χ2n) is 4.72. The first-order valence-electron chi connectivity index (χ1n) is 7.05. The van der Waals surface area contributed by atoms with Gasteiger partial charge in [-0.25, -0.2) is 13.1 Å². The van der Waals surface area contributed by atoms with Gasteiger partial charge in [-0.3, -0.25) is 4.68 Å². The zero-order chi connectivity index (χ0) is 14.3. The predicted molar refractivity (Wildman–Crippen MR) is 76.6 cm³/mol. The van der Waals surface area contributed by atoms with Crippen LogP contribution in [0.2, 0.25) is 0 Å². The molecule has 0 aliphatic heterocycles.